The number of benzene rings is 2. The topological polar surface area (TPSA) is 87.9 Å². The molecule has 2 rings (SSSR count). The summed E-state index contributed by atoms with van der Waals surface area (Å²) in [5, 5.41) is 11.2. The van der Waals surface area contributed by atoms with E-state index in [4.69, 9.17) is 9.47 Å². The van der Waals surface area contributed by atoms with Crippen LogP contribution < -0.4 is 14.2 Å². The Morgan fingerprint density at radius 1 is 1.11 bits per heavy atom. The second-order valence-electron chi connectivity index (χ2n) is 5.12. The molecule has 0 aromatic heterocycles. The van der Waals surface area contributed by atoms with E-state index in [2.05, 4.69) is 4.74 Å². The molecular weight excluding hydrogens is 364 g/mol. The highest BCUT2D eigenvalue weighted by Crippen LogP contribution is 2.35. The molecule has 0 radical (unpaired) electrons. The zero-order chi connectivity index (χ0) is 20.0. The maximum atomic E-state index is 12.2. The molecular formula is C18H15F2NO6. The van der Waals surface area contributed by atoms with Crippen molar-refractivity contribution in [3.05, 3.63) is 63.7 Å². The first-order valence-corrected chi connectivity index (χ1v) is 7.53. The van der Waals surface area contributed by atoms with Crippen LogP contribution >= 0.6 is 0 Å². The summed E-state index contributed by atoms with van der Waals surface area (Å²) < 4.78 is 38.6. The minimum Gasteiger partial charge on any atom is -0.493 e. The number of alkyl halides is 2. The molecule has 142 valence electrons. The number of carbonyl (C=O) groups is 1. The van der Waals surface area contributed by atoms with Crippen LogP contribution in [0.15, 0.2) is 42.5 Å². The Balaban J connectivity index is 2.28. The molecule has 0 spiro atoms. The SMILES string of the molecule is COc1cc(C=CC(=O)c2ccc(OC(F)F)cc2)c([N+](=O)[O-])cc1OC. The first-order valence-electron chi connectivity index (χ1n) is 7.53. The van der Waals surface area contributed by atoms with Gasteiger partial charge in [0.2, 0.25) is 0 Å². The largest absolute Gasteiger partial charge is 0.493 e. The Bertz CT molecular complexity index is 865. The van der Waals surface area contributed by atoms with E-state index in [1.165, 1.54) is 56.7 Å². The molecule has 0 saturated carbocycles. The Kier molecular flexibility index (Phi) is 6.42. The zero-order valence-electron chi connectivity index (χ0n) is 14.3. The summed E-state index contributed by atoms with van der Waals surface area (Å²) in [6.45, 7) is -2.96. The Hall–Kier alpha value is -3.49. The van der Waals surface area contributed by atoms with Crippen molar-refractivity contribution in [3.63, 3.8) is 0 Å². The van der Waals surface area contributed by atoms with E-state index >= 15 is 0 Å². The number of methoxy groups -OCH3 is 2. The number of halogens is 2. The minimum atomic E-state index is -2.96. The van der Waals surface area contributed by atoms with Gasteiger partial charge in [0.05, 0.1) is 30.8 Å². The van der Waals surface area contributed by atoms with Crippen LogP contribution in [0.5, 0.6) is 17.2 Å². The van der Waals surface area contributed by atoms with Gasteiger partial charge >= 0.3 is 6.61 Å². The molecule has 0 aliphatic rings. The van der Waals surface area contributed by atoms with Crippen molar-refractivity contribution in [2.45, 2.75) is 6.61 Å². The molecule has 2 aromatic rings. The van der Waals surface area contributed by atoms with Gasteiger partial charge in [-0.15, -0.1) is 0 Å². The number of ether oxygens (including phenoxy) is 3. The number of hydrogen-bond acceptors (Lipinski definition) is 6. The standard InChI is InChI=1S/C18H15F2NO6/c1-25-16-9-12(14(21(23)24)10-17(16)26-2)5-8-15(22)11-3-6-13(7-4-11)27-18(19)20/h3-10,18H,1-2H3. The van der Waals surface area contributed by atoms with Crippen molar-refractivity contribution in [1.29, 1.82) is 0 Å². The second-order valence-corrected chi connectivity index (χ2v) is 5.12. The normalized spacial score (nSPS) is 10.9. The van der Waals surface area contributed by atoms with Crippen LogP contribution in [0.4, 0.5) is 14.5 Å². The van der Waals surface area contributed by atoms with Crippen molar-refractivity contribution in [2.75, 3.05) is 14.2 Å². The van der Waals surface area contributed by atoms with Gasteiger partial charge in [-0.2, -0.15) is 8.78 Å². The molecule has 0 heterocycles. The minimum absolute atomic E-state index is 0.0824. The summed E-state index contributed by atoms with van der Waals surface area (Å²) in [5.74, 6) is -0.102. The van der Waals surface area contributed by atoms with E-state index < -0.39 is 17.3 Å². The van der Waals surface area contributed by atoms with Crippen molar-refractivity contribution in [2.24, 2.45) is 0 Å². The van der Waals surface area contributed by atoms with Gasteiger partial charge in [0, 0.05) is 5.56 Å². The lowest BCUT2D eigenvalue weighted by molar-refractivity contribution is -0.385. The monoisotopic (exact) mass is 379 g/mol. The number of nitrogens with zero attached hydrogens (tertiary/aromatic N) is 1. The lowest BCUT2D eigenvalue weighted by atomic mass is 10.1. The third-order valence-electron chi connectivity index (χ3n) is 3.51. The Morgan fingerprint density at radius 2 is 1.70 bits per heavy atom. The van der Waals surface area contributed by atoms with Gasteiger partial charge in [0.1, 0.15) is 5.75 Å². The molecule has 0 aliphatic heterocycles. The molecule has 0 N–H and O–H groups in total. The number of hydrogen-bond donors (Lipinski definition) is 0. The molecule has 0 bridgehead atoms. The first kappa shape index (κ1) is 19.8. The predicted octanol–water partition coefficient (Wildman–Crippen LogP) is 4.11. The molecule has 9 heteroatoms. The molecule has 2 aromatic carbocycles. The highest BCUT2D eigenvalue weighted by Gasteiger charge is 2.18. The molecule has 0 aliphatic carbocycles. The molecule has 7 nitrogen and oxygen atoms in total. The fourth-order valence-electron chi connectivity index (χ4n) is 2.24. The second kappa shape index (κ2) is 8.75. The summed E-state index contributed by atoms with van der Waals surface area (Å²) in [7, 11) is 2.73. The van der Waals surface area contributed by atoms with Crippen LogP contribution in [0.2, 0.25) is 0 Å². The average Bonchev–Trinajstić information content (AvgIpc) is 2.65. The van der Waals surface area contributed by atoms with Gasteiger partial charge in [0.15, 0.2) is 17.3 Å². The molecule has 27 heavy (non-hydrogen) atoms. The third kappa shape index (κ3) is 5.00. The fourth-order valence-corrected chi connectivity index (χ4v) is 2.24. The van der Waals surface area contributed by atoms with Gasteiger partial charge in [-0.05, 0) is 42.5 Å². The molecule has 0 unspecified atom stereocenters. The first-order chi connectivity index (χ1) is 12.8. The lowest BCUT2D eigenvalue weighted by Crippen LogP contribution is -2.02. The van der Waals surface area contributed by atoms with Crippen LogP contribution in [0.3, 0.4) is 0 Å². The van der Waals surface area contributed by atoms with Crippen molar-refractivity contribution >= 4 is 17.5 Å². The number of allylic oxidation sites excluding steroid dienone is 1. The highest BCUT2D eigenvalue weighted by atomic mass is 19.3. The number of nitro groups is 1. The predicted molar refractivity (Wildman–Crippen MR) is 92.6 cm³/mol. The van der Waals surface area contributed by atoms with Crippen molar-refractivity contribution < 1.29 is 32.7 Å². The smallest absolute Gasteiger partial charge is 0.387 e. The fraction of sp³-hybridized carbons (Fsp3) is 0.167. The Labute approximate surface area is 152 Å². The molecule has 0 saturated heterocycles. The van der Waals surface area contributed by atoms with Gasteiger partial charge < -0.3 is 14.2 Å². The maximum absolute atomic E-state index is 12.2. The molecule has 0 atom stereocenters. The van der Waals surface area contributed by atoms with E-state index in [1.807, 2.05) is 0 Å². The van der Waals surface area contributed by atoms with Gasteiger partial charge in [-0.1, -0.05) is 0 Å². The number of nitro benzene ring substituents is 1. The van der Waals surface area contributed by atoms with Crippen molar-refractivity contribution in [3.8, 4) is 17.2 Å². The van der Waals surface area contributed by atoms with Crippen LogP contribution in [-0.2, 0) is 0 Å². The molecule has 0 amide bonds. The number of ketones is 1. The summed E-state index contributed by atoms with van der Waals surface area (Å²) >= 11 is 0. The summed E-state index contributed by atoms with van der Waals surface area (Å²) in [5.41, 5.74) is 0.0806. The zero-order valence-corrected chi connectivity index (χ0v) is 14.3. The summed E-state index contributed by atoms with van der Waals surface area (Å²) in [4.78, 5) is 22.8. The van der Waals surface area contributed by atoms with Gasteiger partial charge in [0.25, 0.3) is 5.69 Å². The van der Waals surface area contributed by atoms with Crippen LogP contribution in [0, 0.1) is 10.1 Å². The van der Waals surface area contributed by atoms with Crippen LogP contribution in [-0.4, -0.2) is 31.5 Å². The van der Waals surface area contributed by atoms with E-state index in [-0.39, 0.29) is 34.1 Å². The maximum Gasteiger partial charge on any atom is 0.387 e. The van der Waals surface area contributed by atoms with Gasteiger partial charge in [-0.25, -0.2) is 0 Å². The average molecular weight is 379 g/mol. The Morgan fingerprint density at radius 3 is 2.22 bits per heavy atom. The van der Waals surface area contributed by atoms with E-state index in [1.54, 1.807) is 0 Å². The van der Waals surface area contributed by atoms with E-state index in [9.17, 15) is 23.7 Å². The highest BCUT2D eigenvalue weighted by molar-refractivity contribution is 6.07. The number of carbonyl (C=O) groups excluding carboxylic acids is 1. The van der Waals surface area contributed by atoms with Crippen LogP contribution in [0.25, 0.3) is 6.08 Å². The summed E-state index contributed by atoms with van der Waals surface area (Å²) in [6, 6.07) is 7.65. The number of rotatable bonds is 8. The van der Waals surface area contributed by atoms with E-state index in [0.717, 1.165) is 6.08 Å². The lowest BCUT2D eigenvalue weighted by Gasteiger charge is -2.08. The van der Waals surface area contributed by atoms with E-state index in [0.29, 0.717) is 0 Å². The van der Waals surface area contributed by atoms with Gasteiger partial charge in [-0.3, -0.25) is 14.9 Å². The quantitative estimate of drug-likeness (QED) is 0.297. The van der Waals surface area contributed by atoms with Crippen LogP contribution in [0.1, 0.15) is 15.9 Å². The van der Waals surface area contributed by atoms with Crippen molar-refractivity contribution in [1.82, 2.24) is 0 Å². The molecule has 0 fully saturated rings. The third-order valence-corrected chi connectivity index (χ3v) is 3.51. The summed E-state index contributed by atoms with van der Waals surface area (Å²) in [6.07, 6.45) is 2.41.